The molecule has 4 nitrogen and oxygen atoms in total. The lowest BCUT2D eigenvalue weighted by Crippen LogP contribution is -2.14. The van der Waals surface area contributed by atoms with Gasteiger partial charge in [0.15, 0.2) is 5.76 Å². The van der Waals surface area contributed by atoms with Gasteiger partial charge in [-0.2, -0.15) is 0 Å². The van der Waals surface area contributed by atoms with Crippen LogP contribution in [0.1, 0.15) is 23.0 Å². The molecule has 1 heterocycles. The van der Waals surface area contributed by atoms with Gasteiger partial charge in [-0.3, -0.25) is 4.79 Å². The first-order chi connectivity index (χ1) is 12.7. The normalized spacial score (nSPS) is 10.5. The van der Waals surface area contributed by atoms with E-state index >= 15 is 0 Å². The molecular formula is C20H18FNO3S. The molecule has 0 aliphatic rings. The molecule has 0 spiro atoms. The highest BCUT2D eigenvalue weighted by atomic mass is 32.2. The number of hydrogen-bond acceptors (Lipinski definition) is 4. The molecule has 0 radical (unpaired) electrons. The van der Waals surface area contributed by atoms with Crippen molar-refractivity contribution in [2.75, 3.05) is 11.9 Å². The number of anilines is 1. The summed E-state index contributed by atoms with van der Waals surface area (Å²) in [5.74, 6) is 0.300. The van der Waals surface area contributed by atoms with Crippen molar-refractivity contribution in [3.63, 3.8) is 0 Å². The van der Waals surface area contributed by atoms with Crippen molar-refractivity contribution < 1.29 is 18.3 Å². The van der Waals surface area contributed by atoms with Gasteiger partial charge >= 0.3 is 0 Å². The average Bonchev–Trinajstić information content (AvgIpc) is 3.12. The van der Waals surface area contributed by atoms with E-state index in [4.69, 9.17) is 9.15 Å². The Morgan fingerprint density at radius 2 is 2.00 bits per heavy atom. The zero-order chi connectivity index (χ0) is 18.4. The van der Waals surface area contributed by atoms with Gasteiger partial charge in [-0.25, -0.2) is 4.39 Å². The van der Waals surface area contributed by atoms with Gasteiger partial charge in [0, 0.05) is 22.3 Å². The number of nitrogens with one attached hydrogen (secondary N) is 1. The first-order valence-corrected chi connectivity index (χ1v) is 9.14. The molecule has 3 aromatic rings. The third-order valence-corrected chi connectivity index (χ3v) is 4.64. The van der Waals surface area contributed by atoms with Gasteiger partial charge in [-0.15, -0.1) is 11.8 Å². The Morgan fingerprint density at radius 3 is 2.77 bits per heavy atom. The number of carbonyl (C=O) groups is 1. The van der Waals surface area contributed by atoms with Crippen LogP contribution in [-0.2, 0) is 5.75 Å². The Labute approximate surface area is 155 Å². The van der Waals surface area contributed by atoms with E-state index in [2.05, 4.69) is 5.32 Å². The lowest BCUT2D eigenvalue weighted by Gasteiger charge is -2.11. The Bertz CT molecular complexity index is 880. The topological polar surface area (TPSA) is 51.5 Å². The number of hydrogen-bond donors (Lipinski definition) is 1. The van der Waals surface area contributed by atoms with Crippen LogP contribution in [0, 0.1) is 5.82 Å². The number of rotatable bonds is 7. The van der Waals surface area contributed by atoms with E-state index in [1.807, 2.05) is 30.3 Å². The number of ether oxygens (including phenoxy) is 1. The van der Waals surface area contributed by atoms with E-state index in [9.17, 15) is 9.18 Å². The number of benzene rings is 2. The van der Waals surface area contributed by atoms with Crippen LogP contribution in [-0.4, -0.2) is 12.5 Å². The fourth-order valence-electron chi connectivity index (χ4n) is 2.38. The first kappa shape index (κ1) is 18.1. The minimum Gasteiger partial charge on any atom is -0.492 e. The number of thioether (sulfide) groups is 1. The summed E-state index contributed by atoms with van der Waals surface area (Å²) in [6.07, 6.45) is 1.49. The third-order valence-electron chi connectivity index (χ3n) is 3.58. The standard InChI is InChI=1S/C20H18FNO3S/c1-2-24-18-12-15(21)8-9-17(18)22-20(23)19-14(10-11-25-19)13-26-16-6-4-3-5-7-16/h3-12H,2,13H2,1H3,(H,22,23). The zero-order valence-electron chi connectivity index (χ0n) is 14.2. The predicted molar refractivity (Wildman–Crippen MR) is 100 cm³/mol. The van der Waals surface area contributed by atoms with Crippen molar-refractivity contribution in [3.05, 3.63) is 78.0 Å². The summed E-state index contributed by atoms with van der Waals surface area (Å²) in [6.45, 7) is 2.16. The summed E-state index contributed by atoms with van der Waals surface area (Å²) in [4.78, 5) is 13.7. The summed E-state index contributed by atoms with van der Waals surface area (Å²) >= 11 is 1.61. The first-order valence-electron chi connectivity index (χ1n) is 8.15. The van der Waals surface area contributed by atoms with Gasteiger partial charge in [-0.1, -0.05) is 18.2 Å². The maximum Gasteiger partial charge on any atom is 0.291 e. The molecule has 26 heavy (non-hydrogen) atoms. The number of amides is 1. The minimum absolute atomic E-state index is 0.236. The molecule has 0 aliphatic heterocycles. The Kier molecular flexibility index (Phi) is 5.96. The molecule has 0 saturated heterocycles. The molecule has 0 unspecified atom stereocenters. The lowest BCUT2D eigenvalue weighted by atomic mass is 10.2. The second-order valence-electron chi connectivity index (χ2n) is 5.40. The van der Waals surface area contributed by atoms with E-state index in [0.717, 1.165) is 10.5 Å². The maximum absolute atomic E-state index is 13.4. The molecule has 134 valence electrons. The Balaban J connectivity index is 1.72. The highest BCUT2D eigenvalue weighted by Gasteiger charge is 2.18. The number of furan rings is 1. The SMILES string of the molecule is CCOc1cc(F)ccc1NC(=O)c1occc1CSc1ccccc1. The van der Waals surface area contributed by atoms with Crippen molar-refractivity contribution in [1.29, 1.82) is 0 Å². The second-order valence-corrected chi connectivity index (χ2v) is 6.45. The van der Waals surface area contributed by atoms with Crippen molar-refractivity contribution in [2.24, 2.45) is 0 Å². The van der Waals surface area contributed by atoms with Crippen LogP contribution in [0.15, 0.2) is 70.2 Å². The molecule has 1 aromatic heterocycles. The van der Waals surface area contributed by atoms with E-state index in [1.165, 1.54) is 24.5 Å². The fourth-order valence-corrected chi connectivity index (χ4v) is 3.28. The monoisotopic (exact) mass is 371 g/mol. The second kappa shape index (κ2) is 8.58. The molecule has 6 heteroatoms. The van der Waals surface area contributed by atoms with Crippen LogP contribution < -0.4 is 10.1 Å². The number of carbonyl (C=O) groups excluding carboxylic acids is 1. The highest BCUT2D eigenvalue weighted by Crippen LogP contribution is 2.28. The summed E-state index contributed by atoms with van der Waals surface area (Å²) in [7, 11) is 0. The fraction of sp³-hybridized carbons (Fsp3) is 0.150. The molecular weight excluding hydrogens is 353 g/mol. The van der Waals surface area contributed by atoms with E-state index in [0.29, 0.717) is 18.0 Å². The largest absolute Gasteiger partial charge is 0.492 e. The van der Waals surface area contributed by atoms with Crippen molar-refractivity contribution in [2.45, 2.75) is 17.6 Å². The quantitative estimate of drug-likeness (QED) is 0.568. The van der Waals surface area contributed by atoms with Gasteiger partial charge in [0.2, 0.25) is 0 Å². The molecule has 0 aliphatic carbocycles. The molecule has 1 amide bonds. The van der Waals surface area contributed by atoms with E-state index < -0.39 is 11.7 Å². The van der Waals surface area contributed by atoms with Crippen LogP contribution >= 0.6 is 11.8 Å². The summed E-state index contributed by atoms with van der Waals surface area (Å²) in [5, 5.41) is 2.73. The van der Waals surface area contributed by atoms with Crippen LogP contribution in [0.5, 0.6) is 5.75 Å². The molecule has 1 N–H and O–H groups in total. The Hall–Kier alpha value is -2.73. The molecule has 0 saturated carbocycles. The predicted octanol–water partition coefficient (Wildman–Crippen LogP) is 5.36. The molecule has 3 rings (SSSR count). The summed E-state index contributed by atoms with van der Waals surface area (Å²) in [6, 6.07) is 15.7. The van der Waals surface area contributed by atoms with Crippen LogP contribution in [0.3, 0.4) is 0 Å². The van der Waals surface area contributed by atoms with Crippen molar-refractivity contribution in [3.8, 4) is 5.75 Å². The van der Waals surface area contributed by atoms with Crippen LogP contribution in [0.4, 0.5) is 10.1 Å². The van der Waals surface area contributed by atoms with Crippen LogP contribution in [0.2, 0.25) is 0 Å². The molecule has 2 aromatic carbocycles. The highest BCUT2D eigenvalue weighted by molar-refractivity contribution is 7.98. The van der Waals surface area contributed by atoms with Gasteiger partial charge < -0.3 is 14.5 Å². The number of halogens is 1. The summed E-state index contributed by atoms with van der Waals surface area (Å²) in [5.41, 5.74) is 1.19. The van der Waals surface area contributed by atoms with E-state index in [-0.39, 0.29) is 11.5 Å². The lowest BCUT2D eigenvalue weighted by molar-refractivity contribution is 0.0995. The Morgan fingerprint density at radius 1 is 1.19 bits per heavy atom. The van der Waals surface area contributed by atoms with Gasteiger partial charge in [0.1, 0.15) is 11.6 Å². The maximum atomic E-state index is 13.4. The average molecular weight is 371 g/mol. The van der Waals surface area contributed by atoms with Gasteiger partial charge in [-0.05, 0) is 37.3 Å². The van der Waals surface area contributed by atoms with Crippen LogP contribution in [0.25, 0.3) is 0 Å². The minimum atomic E-state index is -0.426. The molecule has 0 bridgehead atoms. The van der Waals surface area contributed by atoms with Gasteiger partial charge in [0.25, 0.3) is 5.91 Å². The van der Waals surface area contributed by atoms with Crippen molar-refractivity contribution >= 4 is 23.4 Å². The van der Waals surface area contributed by atoms with E-state index in [1.54, 1.807) is 24.8 Å². The van der Waals surface area contributed by atoms with Gasteiger partial charge in [0.05, 0.1) is 18.6 Å². The molecule has 0 atom stereocenters. The molecule has 0 fully saturated rings. The zero-order valence-corrected chi connectivity index (χ0v) is 15.0. The van der Waals surface area contributed by atoms with Crippen molar-refractivity contribution in [1.82, 2.24) is 0 Å². The third kappa shape index (κ3) is 4.46. The smallest absolute Gasteiger partial charge is 0.291 e. The summed E-state index contributed by atoms with van der Waals surface area (Å²) < 4.78 is 24.1.